The maximum Gasteiger partial charge on any atom is 0.252 e. The van der Waals surface area contributed by atoms with Crippen LogP contribution in [0, 0.1) is 0 Å². The van der Waals surface area contributed by atoms with Crippen LogP contribution in [-0.4, -0.2) is 24.2 Å². The summed E-state index contributed by atoms with van der Waals surface area (Å²) in [5.41, 5.74) is 2.44. The third-order valence-electron chi connectivity index (χ3n) is 3.62. The van der Waals surface area contributed by atoms with Crippen molar-refractivity contribution in [3.05, 3.63) is 70.5 Å². The molecule has 0 amide bonds. The topological polar surface area (TPSA) is 64.2 Å². The van der Waals surface area contributed by atoms with Gasteiger partial charge >= 0.3 is 0 Å². The quantitative estimate of drug-likeness (QED) is 0.539. The second-order valence-corrected chi connectivity index (χ2v) is 6.27. The van der Waals surface area contributed by atoms with Crippen molar-refractivity contribution in [1.29, 1.82) is 0 Å². The molecule has 5 nitrogen and oxygen atoms in total. The van der Waals surface area contributed by atoms with Gasteiger partial charge in [-0.1, -0.05) is 23.9 Å². The number of ether oxygens (including phenoxy) is 2. The molecule has 1 aromatic heterocycles. The van der Waals surface area contributed by atoms with Crippen LogP contribution in [0.4, 0.5) is 0 Å². The molecule has 25 heavy (non-hydrogen) atoms. The summed E-state index contributed by atoms with van der Waals surface area (Å²) in [7, 11) is 3.26. The number of hydrogen-bond acceptors (Lipinski definition) is 5. The Morgan fingerprint density at radius 1 is 1.00 bits per heavy atom. The summed E-state index contributed by atoms with van der Waals surface area (Å²) in [5, 5.41) is 0.584. The van der Waals surface area contributed by atoms with Gasteiger partial charge in [0.15, 0.2) is 5.16 Å². The number of methoxy groups -OCH3 is 2. The highest BCUT2D eigenvalue weighted by Gasteiger charge is 2.06. The number of thioether (sulfide) groups is 1. The van der Waals surface area contributed by atoms with Crippen LogP contribution < -0.4 is 15.0 Å². The lowest BCUT2D eigenvalue weighted by Gasteiger charge is -2.06. The van der Waals surface area contributed by atoms with Gasteiger partial charge in [0.25, 0.3) is 5.56 Å². The van der Waals surface area contributed by atoms with Gasteiger partial charge in [0.1, 0.15) is 11.5 Å². The Hall–Kier alpha value is -2.73. The molecule has 0 unspecified atom stereocenters. The molecule has 2 aromatic carbocycles. The number of aromatic nitrogens is 2. The van der Waals surface area contributed by atoms with Gasteiger partial charge in [-0.2, -0.15) is 0 Å². The van der Waals surface area contributed by atoms with E-state index in [1.54, 1.807) is 14.2 Å². The third kappa shape index (κ3) is 4.42. The largest absolute Gasteiger partial charge is 0.497 e. The van der Waals surface area contributed by atoms with Gasteiger partial charge in [-0.25, -0.2) is 4.98 Å². The highest BCUT2D eigenvalue weighted by molar-refractivity contribution is 7.98. The molecule has 1 N–H and O–H groups in total. The number of nitrogens with one attached hydrogen (secondary N) is 1. The molecular weight excluding hydrogens is 336 g/mol. The first-order valence-electron chi connectivity index (χ1n) is 7.69. The molecule has 0 aliphatic rings. The van der Waals surface area contributed by atoms with E-state index >= 15 is 0 Å². The SMILES string of the molecule is COc1ccc(-c2cc(=O)[nH]c(SCc3cccc(OC)c3)n2)cc1. The fourth-order valence-corrected chi connectivity index (χ4v) is 3.15. The predicted molar refractivity (Wildman–Crippen MR) is 99.4 cm³/mol. The standard InChI is InChI=1S/C19H18N2O3S/c1-23-15-8-6-14(7-9-15)17-11-18(22)21-19(20-17)25-12-13-4-3-5-16(10-13)24-2/h3-11H,12H2,1-2H3,(H,20,21,22). The van der Waals surface area contributed by atoms with Gasteiger partial charge in [-0.15, -0.1) is 0 Å². The van der Waals surface area contributed by atoms with Crippen LogP contribution in [-0.2, 0) is 5.75 Å². The fourth-order valence-electron chi connectivity index (χ4n) is 2.33. The molecule has 0 fully saturated rings. The molecule has 3 aromatic rings. The lowest BCUT2D eigenvalue weighted by Crippen LogP contribution is -2.08. The van der Waals surface area contributed by atoms with E-state index in [9.17, 15) is 4.79 Å². The van der Waals surface area contributed by atoms with Gasteiger partial charge in [0.2, 0.25) is 0 Å². The third-order valence-corrected chi connectivity index (χ3v) is 4.56. The zero-order valence-corrected chi connectivity index (χ0v) is 14.8. The Morgan fingerprint density at radius 3 is 2.48 bits per heavy atom. The zero-order chi connectivity index (χ0) is 17.6. The van der Waals surface area contributed by atoms with Gasteiger partial charge in [-0.05, 0) is 42.0 Å². The van der Waals surface area contributed by atoms with Crippen molar-refractivity contribution in [3.63, 3.8) is 0 Å². The van der Waals surface area contributed by atoms with Gasteiger partial charge in [0, 0.05) is 17.4 Å². The molecule has 0 radical (unpaired) electrons. The zero-order valence-electron chi connectivity index (χ0n) is 14.0. The summed E-state index contributed by atoms with van der Waals surface area (Å²) >= 11 is 1.48. The number of H-pyrrole nitrogens is 1. The van der Waals surface area contributed by atoms with E-state index in [2.05, 4.69) is 9.97 Å². The summed E-state index contributed by atoms with van der Waals surface area (Å²) in [6.45, 7) is 0. The van der Waals surface area contributed by atoms with Crippen LogP contribution in [0.5, 0.6) is 11.5 Å². The van der Waals surface area contributed by atoms with E-state index in [-0.39, 0.29) is 5.56 Å². The monoisotopic (exact) mass is 354 g/mol. The van der Waals surface area contributed by atoms with Crippen LogP contribution in [0.25, 0.3) is 11.3 Å². The molecule has 6 heteroatoms. The number of hydrogen-bond donors (Lipinski definition) is 1. The molecule has 0 atom stereocenters. The predicted octanol–water partition coefficient (Wildman–Crippen LogP) is 3.75. The first-order valence-corrected chi connectivity index (χ1v) is 8.68. The van der Waals surface area contributed by atoms with Gasteiger partial charge < -0.3 is 14.5 Å². The molecule has 0 bridgehead atoms. The highest BCUT2D eigenvalue weighted by atomic mass is 32.2. The molecule has 3 rings (SSSR count). The molecule has 0 spiro atoms. The van der Waals surface area contributed by atoms with Crippen molar-refractivity contribution < 1.29 is 9.47 Å². The van der Waals surface area contributed by atoms with Crippen molar-refractivity contribution in [2.75, 3.05) is 14.2 Å². The molecule has 128 valence electrons. The van der Waals surface area contributed by atoms with E-state index < -0.39 is 0 Å². The second-order valence-electron chi connectivity index (χ2n) is 5.30. The Labute approximate surface area is 150 Å². The van der Waals surface area contributed by atoms with Crippen molar-refractivity contribution in [1.82, 2.24) is 9.97 Å². The minimum absolute atomic E-state index is 0.172. The maximum atomic E-state index is 12.0. The molecular formula is C19H18N2O3S. The molecule has 0 aliphatic heterocycles. The van der Waals surface area contributed by atoms with Gasteiger partial charge in [0.05, 0.1) is 19.9 Å². The van der Waals surface area contributed by atoms with Crippen molar-refractivity contribution >= 4 is 11.8 Å². The van der Waals surface area contributed by atoms with Crippen LogP contribution >= 0.6 is 11.8 Å². The fraction of sp³-hybridized carbons (Fsp3) is 0.158. The minimum Gasteiger partial charge on any atom is -0.497 e. The smallest absolute Gasteiger partial charge is 0.252 e. The van der Waals surface area contributed by atoms with Crippen LogP contribution in [0.2, 0.25) is 0 Å². The summed E-state index contributed by atoms with van der Waals surface area (Å²) in [6, 6.07) is 16.8. The summed E-state index contributed by atoms with van der Waals surface area (Å²) < 4.78 is 10.4. The first kappa shape index (κ1) is 17.1. The van der Waals surface area contributed by atoms with Gasteiger partial charge in [-0.3, -0.25) is 4.79 Å². The second kappa shape index (κ2) is 7.90. The maximum absolute atomic E-state index is 12.0. The van der Waals surface area contributed by atoms with Crippen molar-refractivity contribution in [2.24, 2.45) is 0 Å². The highest BCUT2D eigenvalue weighted by Crippen LogP contribution is 2.24. The summed E-state index contributed by atoms with van der Waals surface area (Å²) in [6.07, 6.45) is 0. The summed E-state index contributed by atoms with van der Waals surface area (Å²) in [5.74, 6) is 2.26. The number of aromatic amines is 1. The average Bonchev–Trinajstić information content (AvgIpc) is 2.66. The normalized spacial score (nSPS) is 10.5. The van der Waals surface area contributed by atoms with Crippen molar-refractivity contribution in [3.8, 4) is 22.8 Å². The lowest BCUT2D eigenvalue weighted by molar-refractivity contribution is 0.414. The molecule has 0 saturated carbocycles. The summed E-state index contributed by atoms with van der Waals surface area (Å²) in [4.78, 5) is 19.3. The van der Waals surface area contributed by atoms with Crippen molar-refractivity contribution in [2.45, 2.75) is 10.9 Å². The first-order chi connectivity index (χ1) is 12.2. The average molecular weight is 354 g/mol. The Balaban J connectivity index is 1.80. The Bertz CT molecular complexity index is 907. The number of rotatable bonds is 6. The van der Waals surface area contributed by atoms with Crippen LogP contribution in [0.15, 0.2) is 64.5 Å². The van der Waals surface area contributed by atoms with E-state index in [4.69, 9.17) is 9.47 Å². The number of benzene rings is 2. The van der Waals surface area contributed by atoms with E-state index in [1.165, 1.54) is 17.8 Å². The molecule has 1 heterocycles. The Kier molecular flexibility index (Phi) is 5.40. The van der Waals surface area contributed by atoms with E-state index in [0.29, 0.717) is 16.6 Å². The molecule has 0 saturated heterocycles. The van der Waals surface area contributed by atoms with E-state index in [1.807, 2.05) is 48.5 Å². The van der Waals surface area contributed by atoms with Crippen LogP contribution in [0.3, 0.4) is 0 Å². The Morgan fingerprint density at radius 2 is 1.76 bits per heavy atom. The minimum atomic E-state index is -0.172. The lowest BCUT2D eigenvalue weighted by atomic mass is 10.1. The van der Waals surface area contributed by atoms with Crippen LogP contribution in [0.1, 0.15) is 5.56 Å². The van der Waals surface area contributed by atoms with E-state index in [0.717, 1.165) is 22.6 Å². The molecule has 0 aliphatic carbocycles. The number of nitrogens with zero attached hydrogens (tertiary/aromatic N) is 1.